The van der Waals surface area contributed by atoms with Gasteiger partial charge in [-0.3, -0.25) is 14.3 Å². The Morgan fingerprint density at radius 2 is 1.66 bits per heavy atom. The first kappa shape index (κ1) is 21.5. The van der Waals surface area contributed by atoms with Crippen molar-refractivity contribution in [3.63, 3.8) is 0 Å². The molecular formula is C23H20FN3O4S. The van der Waals surface area contributed by atoms with E-state index in [4.69, 9.17) is 0 Å². The molecule has 0 radical (unpaired) electrons. The van der Waals surface area contributed by atoms with Crippen molar-refractivity contribution in [2.75, 3.05) is 16.6 Å². The molecule has 0 unspecified atom stereocenters. The van der Waals surface area contributed by atoms with E-state index in [-0.39, 0.29) is 28.0 Å². The van der Waals surface area contributed by atoms with Crippen LogP contribution in [0.15, 0.2) is 77.7 Å². The Kier molecular flexibility index (Phi) is 5.91. The maximum atomic E-state index is 13.1. The second-order valence-electron chi connectivity index (χ2n) is 7.39. The van der Waals surface area contributed by atoms with E-state index in [1.807, 2.05) is 0 Å². The molecule has 1 atom stereocenters. The Balaban J connectivity index is 1.52. The van der Waals surface area contributed by atoms with Crippen molar-refractivity contribution >= 4 is 33.2 Å². The van der Waals surface area contributed by atoms with Gasteiger partial charge in [-0.1, -0.05) is 24.3 Å². The maximum Gasteiger partial charge on any atom is 0.261 e. The lowest BCUT2D eigenvalue weighted by Gasteiger charge is -2.14. The highest BCUT2D eigenvalue weighted by molar-refractivity contribution is 7.92. The lowest BCUT2D eigenvalue weighted by molar-refractivity contribution is -0.119. The van der Waals surface area contributed by atoms with E-state index >= 15 is 0 Å². The number of halogens is 1. The number of carbonyl (C=O) groups is 2. The molecule has 9 heteroatoms. The molecule has 1 aliphatic heterocycles. The number of amides is 2. The van der Waals surface area contributed by atoms with Crippen molar-refractivity contribution in [1.82, 2.24) is 5.32 Å². The van der Waals surface area contributed by atoms with Gasteiger partial charge in [-0.15, -0.1) is 0 Å². The molecular weight excluding hydrogens is 433 g/mol. The third-order valence-corrected chi connectivity index (χ3v) is 6.54. The summed E-state index contributed by atoms with van der Waals surface area (Å²) in [4.78, 5) is 24.1. The van der Waals surface area contributed by atoms with Gasteiger partial charge in [0, 0.05) is 24.6 Å². The van der Waals surface area contributed by atoms with E-state index in [0.717, 1.165) is 5.56 Å². The van der Waals surface area contributed by atoms with Gasteiger partial charge in [-0.2, -0.15) is 0 Å². The predicted molar refractivity (Wildman–Crippen MR) is 118 cm³/mol. The van der Waals surface area contributed by atoms with Gasteiger partial charge >= 0.3 is 0 Å². The highest BCUT2D eigenvalue weighted by Gasteiger charge is 2.24. The summed E-state index contributed by atoms with van der Waals surface area (Å²) < 4.78 is 41.4. The third kappa shape index (κ3) is 4.78. The second kappa shape index (κ2) is 8.80. The number of rotatable bonds is 6. The van der Waals surface area contributed by atoms with Gasteiger partial charge in [0.05, 0.1) is 16.1 Å². The van der Waals surface area contributed by atoms with Crippen molar-refractivity contribution in [2.45, 2.75) is 17.2 Å². The molecule has 32 heavy (non-hydrogen) atoms. The zero-order valence-corrected chi connectivity index (χ0v) is 17.7. The monoisotopic (exact) mass is 453 g/mol. The zero-order valence-electron chi connectivity index (χ0n) is 16.8. The maximum absolute atomic E-state index is 13.1. The summed E-state index contributed by atoms with van der Waals surface area (Å²) in [5.41, 5.74) is 1.49. The predicted octanol–water partition coefficient (Wildman–Crippen LogP) is 3.48. The number of nitrogens with one attached hydrogen (secondary N) is 3. The van der Waals surface area contributed by atoms with Crippen LogP contribution in [0.25, 0.3) is 0 Å². The van der Waals surface area contributed by atoms with Crippen LogP contribution >= 0.6 is 0 Å². The minimum absolute atomic E-state index is 0.0168. The zero-order chi connectivity index (χ0) is 22.7. The molecule has 0 aromatic heterocycles. The first-order valence-corrected chi connectivity index (χ1v) is 11.4. The summed E-state index contributed by atoms with van der Waals surface area (Å²) in [6.45, 7) is 0.528. The van der Waals surface area contributed by atoms with Gasteiger partial charge in [-0.25, -0.2) is 12.8 Å². The lowest BCUT2D eigenvalue weighted by atomic mass is 9.99. The quantitative estimate of drug-likeness (QED) is 0.532. The molecule has 1 aliphatic rings. The Bertz CT molecular complexity index is 1260. The average molecular weight is 453 g/mol. The number of benzene rings is 3. The SMILES string of the molecule is O=C1C[C@H](c2ccc(S(=O)(=O)Nc3ccccc3C(=O)Nc3ccc(F)cc3)cc2)CN1. The summed E-state index contributed by atoms with van der Waals surface area (Å²) >= 11 is 0. The smallest absolute Gasteiger partial charge is 0.261 e. The van der Waals surface area contributed by atoms with E-state index in [0.29, 0.717) is 18.7 Å². The molecule has 3 aromatic carbocycles. The van der Waals surface area contributed by atoms with E-state index in [1.54, 1.807) is 24.3 Å². The van der Waals surface area contributed by atoms with Crippen molar-refractivity contribution in [3.05, 3.63) is 89.7 Å². The van der Waals surface area contributed by atoms with E-state index in [2.05, 4.69) is 15.4 Å². The van der Waals surface area contributed by atoms with Crippen molar-refractivity contribution < 1.29 is 22.4 Å². The third-order valence-electron chi connectivity index (χ3n) is 5.16. The molecule has 164 valence electrons. The molecule has 0 aliphatic carbocycles. The summed E-state index contributed by atoms with van der Waals surface area (Å²) in [6, 6.07) is 17.8. The fraction of sp³-hybridized carbons (Fsp3) is 0.130. The second-order valence-corrected chi connectivity index (χ2v) is 9.07. The van der Waals surface area contributed by atoms with Crippen LogP contribution in [-0.2, 0) is 14.8 Å². The first-order valence-electron chi connectivity index (χ1n) is 9.87. The van der Waals surface area contributed by atoms with Gasteiger partial charge in [0.2, 0.25) is 5.91 Å². The highest BCUT2D eigenvalue weighted by Crippen LogP contribution is 2.26. The molecule has 1 fully saturated rings. The van der Waals surface area contributed by atoms with Crippen LogP contribution in [0.2, 0.25) is 0 Å². The number of hydrogen-bond acceptors (Lipinski definition) is 4. The lowest BCUT2D eigenvalue weighted by Crippen LogP contribution is -2.18. The van der Waals surface area contributed by atoms with Crippen LogP contribution in [0.1, 0.15) is 28.3 Å². The topological polar surface area (TPSA) is 104 Å². The summed E-state index contributed by atoms with van der Waals surface area (Å²) in [5, 5.41) is 5.38. The van der Waals surface area contributed by atoms with Gasteiger partial charge in [0.15, 0.2) is 0 Å². The molecule has 0 spiro atoms. The number of hydrogen-bond donors (Lipinski definition) is 3. The van der Waals surface area contributed by atoms with E-state index < -0.39 is 21.7 Å². The fourth-order valence-corrected chi connectivity index (χ4v) is 4.55. The number of carbonyl (C=O) groups excluding carboxylic acids is 2. The molecule has 3 N–H and O–H groups in total. The first-order chi connectivity index (χ1) is 15.3. The Morgan fingerprint density at radius 1 is 0.969 bits per heavy atom. The summed E-state index contributed by atoms with van der Waals surface area (Å²) in [6.07, 6.45) is 0.376. The van der Waals surface area contributed by atoms with E-state index in [1.165, 1.54) is 48.5 Å². The number of para-hydroxylation sites is 1. The van der Waals surface area contributed by atoms with Crippen molar-refractivity contribution in [1.29, 1.82) is 0 Å². The molecule has 2 amide bonds. The highest BCUT2D eigenvalue weighted by atomic mass is 32.2. The number of sulfonamides is 1. The molecule has 3 aromatic rings. The van der Waals surface area contributed by atoms with Gasteiger partial charge < -0.3 is 10.6 Å². The normalized spacial score (nSPS) is 15.8. The van der Waals surface area contributed by atoms with Crippen LogP contribution in [0.4, 0.5) is 15.8 Å². The minimum atomic E-state index is -3.96. The molecule has 1 saturated heterocycles. The molecule has 0 bridgehead atoms. The van der Waals surface area contributed by atoms with E-state index in [9.17, 15) is 22.4 Å². The van der Waals surface area contributed by atoms with Crippen LogP contribution in [-0.4, -0.2) is 26.8 Å². The van der Waals surface area contributed by atoms with Crippen LogP contribution < -0.4 is 15.4 Å². The van der Waals surface area contributed by atoms with Crippen molar-refractivity contribution in [3.8, 4) is 0 Å². The Morgan fingerprint density at radius 3 is 2.31 bits per heavy atom. The summed E-state index contributed by atoms with van der Waals surface area (Å²) in [5.74, 6) is -0.978. The van der Waals surface area contributed by atoms with Crippen molar-refractivity contribution in [2.24, 2.45) is 0 Å². The average Bonchev–Trinajstić information content (AvgIpc) is 3.22. The fourth-order valence-electron chi connectivity index (χ4n) is 3.47. The molecule has 4 rings (SSSR count). The largest absolute Gasteiger partial charge is 0.355 e. The number of anilines is 2. The summed E-state index contributed by atoms with van der Waals surface area (Å²) in [7, 11) is -3.96. The molecule has 0 saturated carbocycles. The van der Waals surface area contributed by atoms with Crippen LogP contribution in [0.5, 0.6) is 0 Å². The van der Waals surface area contributed by atoms with Crippen LogP contribution in [0.3, 0.4) is 0 Å². The molecule has 7 nitrogen and oxygen atoms in total. The standard InChI is InChI=1S/C23H20FN3O4S/c24-17-7-9-18(10-8-17)26-23(29)20-3-1-2-4-21(20)27-32(30,31)19-11-5-15(6-12-19)16-13-22(28)25-14-16/h1-12,16,27H,13-14H2,(H,25,28)(H,26,29)/t16-/m0/s1. The Labute approximate surface area is 184 Å². The van der Waals surface area contributed by atoms with Gasteiger partial charge in [0.25, 0.3) is 15.9 Å². The Hall–Kier alpha value is -3.72. The van der Waals surface area contributed by atoms with Gasteiger partial charge in [-0.05, 0) is 54.1 Å². The van der Waals surface area contributed by atoms with Crippen LogP contribution in [0, 0.1) is 5.82 Å². The van der Waals surface area contributed by atoms with Gasteiger partial charge in [0.1, 0.15) is 5.82 Å². The minimum Gasteiger partial charge on any atom is -0.355 e. The molecule has 1 heterocycles.